The van der Waals surface area contributed by atoms with Gasteiger partial charge in [-0.05, 0) is 42.5 Å². The van der Waals surface area contributed by atoms with E-state index in [9.17, 15) is 22.8 Å². The minimum atomic E-state index is -4.84. The zero-order valence-electron chi connectivity index (χ0n) is 16.9. The minimum Gasteiger partial charge on any atom is -0.406 e. The van der Waals surface area contributed by atoms with Crippen LogP contribution in [0.15, 0.2) is 76.4 Å². The third-order valence-corrected chi connectivity index (χ3v) is 4.73. The van der Waals surface area contributed by atoms with Crippen molar-refractivity contribution in [1.82, 2.24) is 14.3 Å². The van der Waals surface area contributed by atoms with Crippen LogP contribution in [0.4, 0.5) is 24.7 Å². The predicted molar refractivity (Wildman–Crippen MR) is 115 cm³/mol. The number of pyridine rings is 1. The Balaban J connectivity index is 1.81. The molecule has 2 N–H and O–H groups in total. The van der Waals surface area contributed by atoms with E-state index in [2.05, 4.69) is 15.2 Å². The van der Waals surface area contributed by atoms with Crippen LogP contribution in [0.2, 0.25) is 0 Å². The third kappa shape index (κ3) is 4.72. The first-order valence-corrected chi connectivity index (χ1v) is 9.72. The zero-order chi connectivity index (χ0) is 23.6. The number of aliphatic hydroxyl groups is 1. The molecule has 170 valence electrons. The van der Waals surface area contributed by atoms with Crippen LogP contribution in [-0.4, -0.2) is 32.4 Å². The van der Waals surface area contributed by atoms with Gasteiger partial charge in [0.2, 0.25) is 0 Å². The average Bonchev–Trinajstić information content (AvgIpc) is 2.78. The highest BCUT2D eigenvalue weighted by atomic mass is 19.4. The highest BCUT2D eigenvalue weighted by Crippen LogP contribution is 2.25. The molecule has 0 atom stereocenters. The Morgan fingerprint density at radius 1 is 0.939 bits per heavy atom. The summed E-state index contributed by atoms with van der Waals surface area (Å²) in [6, 6.07) is 14.4. The summed E-state index contributed by atoms with van der Waals surface area (Å²) in [5, 5.41) is 17.1. The van der Waals surface area contributed by atoms with Gasteiger partial charge in [0.1, 0.15) is 11.4 Å². The number of aliphatic hydroxyl groups excluding tert-OH is 1. The quantitative estimate of drug-likeness (QED) is 0.461. The van der Waals surface area contributed by atoms with Crippen LogP contribution in [0.25, 0.3) is 16.5 Å². The molecule has 2 aromatic carbocycles. The van der Waals surface area contributed by atoms with Crippen LogP contribution in [0.1, 0.15) is 0 Å². The van der Waals surface area contributed by atoms with Gasteiger partial charge in [0.15, 0.2) is 5.82 Å². The summed E-state index contributed by atoms with van der Waals surface area (Å²) in [5.41, 5.74) is -0.521. The number of alkyl halides is 3. The molecule has 0 spiro atoms. The van der Waals surface area contributed by atoms with Gasteiger partial charge in [-0.2, -0.15) is 4.68 Å². The van der Waals surface area contributed by atoms with E-state index < -0.39 is 23.2 Å². The number of fused-ring (bicyclic) bond motifs is 1. The Morgan fingerprint density at radius 3 is 2.30 bits per heavy atom. The predicted octanol–water partition coefficient (Wildman–Crippen LogP) is 3.18. The molecule has 0 bridgehead atoms. The fraction of sp³-hybridized carbons (Fsp3) is 0.136. The molecular weight excluding hydrogens is 441 g/mol. The lowest BCUT2D eigenvalue weighted by Gasteiger charge is -2.14. The van der Waals surface area contributed by atoms with E-state index in [1.165, 1.54) is 29.0 Å². The Morgan fingerprint density at radius 2 is 1.64 bits per heavy atom. The van der Waals surface area contributed by atoms with Gasteiger partial charge >= 0.3 is 6.36 Å². The van der Waals surface area contributed by atoms with Crippen molar-refractivity contribution in [2.45, 2.75) is 12.9 Å². The summed E-state index contributed by atoms with van der Waals surface area (Å²) in [6.45, 7) is -0.113. The number of ether oxygens (including phenoxy) is 1. The maximum atomic E-state index is 13.0. The van der Waals surface area contributed by atoms with Crippen LogP contribution in [0, 0.1) is 0 Å². The van der Waals surface area contributed by atoms with Crippen molar-refractivity contribution < 1.29 is 23.0 Å². The SMILES string of the molecule is O=c1c(Nc2nn(-c3ccc(OC(F)(F)F)cc3)c(=O)c3ccccc23)cccn1CCO. The van der Waals surface area contributed by atoms with E-state index in [4.69, 9.17) is 5.11 Å². The molecule has 8 nitrogen and oxygen atoms in total. The van der Waals surface area contributed by atoms with E-state index in [1.54, 1.807) is 30.3 Å². The Labute approximate surface area is 184 Å². The van der Waals surface area contributed by atoms with Gasteiger partial charge in [-0.1, -0.05) is 18.2 Å². The molecule has 0 unspecified atom stereocenters. The lowest BCUT2D eigenvalue weighted by molar-refractivity contribution is -0.274. The molecule has 33 heavy (non-hydrogen) atoms. The molecule has 0 saturated carbocycles. The molecule has 4 rings (SSSR count). The van der Waals surface area contributed by atoms with Crippen molar-refractivity contribution in [3.63, 3.8) is 0 Å². The normalized spacial score (nSPS) is 11.5. The highest BCUT2D eigenvalue weighted by molar-refractivity contribution is 5.92. The van der Waals surface area contributed by atoms with Gasteiger partial charge in [0, 0.05) is 18.1 Å². The lowest BCUT2D eigenvalue weighted by Crippen LogP contribution is -2.25. The summed E-state index contributed by atoms with van der Waals surface area (Å²) in [7, 11) is 0. The van der Waals surface area contributed by atoms with Crippen LogP contribution in [0.5, 0.6) is 5.75 Å². The maximum absolute atomic E-state index is 13.0. The number of benzene rings is 2. The van der Waals surface area contributed by atoms with Crippen molar-refractivity contribution >= 4 is 22.3 Å². The molecule has 0 radical (unpaired) electrons. The Hall–Kier alpha value is -4.12. The summed E-state index contributed by atoms with van der Waals surface area (Å²) < 4.78 is 43.5. The lowest BCUT2D eigenvalue weighted by atomic mass is 10.2. The third-order valence-electron chi connectivity index (χ3n) is 4.73. The fourth-order valence-corrected chi connectivity index (χ4v) is 3.29. The molecule has 0 saturated heterocycles. The fourth-order valence-electron chi connectivity index (χ4n) is 3.29. The maximum Gasteiger partial charge on any atom is 0.573 e. The summed E-state index contributed by atoms with van der Waals surface area (Å²) in [4.78, 5) is 25.7. The van der Waals surface area contributed by atoms with Gasteiger partial charge in [0.05, 0.1) is 17.7 Å². The number of rotatable bonds is 6. The Bertz CT molecular complexity index is 1410. The average molecular weight is 458 g/mol. The van der Waals surface area contributed by atoms with Crippen molar-refractivity contribution in [2.75, 3.05) is 11.9 Å². The topological polar surface area (TPSA) is 98.4 Å². The molecule has 0 aliphatic heterocycles. The van der Waals surface area contributed by atoms with Gasteiger partial charge < -0.3 is 19.7 Å². The second-order valence-electron chi connectivity index (χ2n) is 6.92. The molecule has 2 aromatic heterocycles. The highest BCUT2D eigenvalue weighted by Gasteiger charge is 2.31. The number of halogens is 3. The van der Waals surface area contributed by atoms with Gasteiger partial charge in [-0.15, -0.1) is 18.3 Å². The van der Waals surface area contributed by atoms with Crippen LogP contribution >= 0.6 is 0 Å². The number of nitrogens with zero attached hydrogens (tertiary/aromatic N) is 3. The molecule has 0 amide bonds. The van der Waals surface area contributed by atoms with Crippen LogP contribution in [-0.2, 0) is 6.54 Å². The van der Waals surface area contributed by atoms with E-state index in [1.807, 2.05) is 0 Å². The number of hydrogen-bond acceptors (Lipinski definition) is 6. The van der Waals surface area contributed by atoms with Crippen LogP contribution < -0.4 is 21.2 Å². The van der Waals surface area contributed by atoms with Crippen molar-refractivity contribution in [1.29, 1.82) is 0 Å². The molecule has 0 aliphatic carbocycles. The first-order valence-electron chi connectivity index (χ1n) is 9.72. The van der Waals surface area contributed by atoms with Crippen molar-refractivity contribution in [2.24, 2.45) is 0 Å². The standard InChI is InChI=1S/C22H17F3N4O4/c23-22(24,25)33-15-9-7-14(8-10-15)29-20(31)17-5-2-1-4-16(17)19(27-29)26-18-6-3-11-28(12-13-30)21(18)32/h1-11,30H,12-13H2,(H,26,27). The van der Waals surface area contributed by atoms with Crippen molar-refractivity contribution in [3.05, 3.63) is 87.6 Å². The Kier molecular flexibility index (Phi) is 5.88. The van der Waals surface area contributed by atoms with E-state index >= 15 is 0 Å². The first kappa shape index (κ1) is 22.1. The van der Waals surface area contributed by atoms with E-state index in [0.29, 0.717) is 5.39 Å². The molecule has 4 aromatic rings. The molecular formula is C22H17F3N4O4. The zero-order valence-corrected chi connectivity index (χ0v) is 16.9. The monoisotopic (exact) mass is 458 g/mol. The summed E-state index contributed by atoms with van der Waals surface area (Å²) in [5.74, 6) is -0.244. The van der Waals surface area contributed by atoms with E-state index in [-0.39, 0.29) is 35.7 Å². The van der Waals surface area contributed by atoms with Crippen molar-refractivity contribution in [3.8, 4) is 11.4 Å². The number of nitrogens with one attached hydrogen (secondary N) is 1. The summed E-state index contributed by atoms with van der Waals surface area (Å²) >= 11 is 0. The van der Waals surface area contributed by atoms with Gasteiger partial charge in [0.25, 0.3) is 11.1 Å². The second-order valence-corrected chi connectivity index (χ2v) is 6.92. The number of hydrogen-bond donors (Lipinski definition) is 2. The first-order chi connectivity index (χ1) is 15.8. The number of aromatic nitrogens is 3. The number of anilines is 2. The largest absolute Gasteiger partial charge is 0.573 e. The summed E-state index contributed by atoms with van der Waals surface area (Å²) in [6.07, 6.45) is -3.31. The van der Waals surface area contributed by atoms with Crippen LogP contribution in [0.3, 0.4) is 0 Å². The molecule has 2 heterocycles. The van der Waals surface area contributed by atoms with Gasteiger partial charge in [-0.3, -0.25) is 9.59 Å². The molecule has 0 fully saturated rings. The smallest absolute Gasteiger partial charge is 0.406 e. The van der Waals surface area contributed by atoms with Gasteiger partial charge in [-0.25, -0.2) is 0 Å². The minimum absolute atomic E-state index is 0.106. The molecule has 11 heteroatoms. The second kappa shape index (κ2) is 8.79. The molecule has 0 aliphatic rings. The van der Waals surface area contributed by atoms with E-state index in [0.717, 1.165) is 16.8 Å².